The molecule has 11 heavy (non-hydrogen) atoms. The zero-order valence-electron chi connectivity index (χ0n) is 3.45. The fraction of sp³-hybridized carbons (Fsp3) is 1.00. The van der Waals surface area contributed by atoms with Crippen molar-refractivity contribution in [3.05, 3.63) is 9.93 Å². The Morgan fingerprint density at radius 1 is 0.727 bits per heavy atom. The summed E-state index contributed by atoms with van der Waals surface area (Å²) in [5, 5.41) is 0. The summed E-state index contributed by atoms with van der Waals surface area (Å²) in [6.07, 6.45) is 0. The Kier molecular flexibility index (Phi) is 3140. The fourth-order valence-electron chi connectivity index (χ4n) is 0. The molecule has 0 rings (SSSR count). The lowest BCUT2D eigenvalue weighted by Crippen LogP contribution is -0.798. The van der Waals surface area contributed by atoms with Gasteiger partial charge in [0.25, 0.3) is 0 Å². The largest absolute Gasteiger partial charge is 0.412 e. The Bertz CT molecular complexity index is 16.9. The highest BCUT2D eigenvalue weighted by molar-refractivity contribution is 15.0. The van der Waals surface area contributed by atoms with Crippen LogP contribution < -0.4 is 0 Å². The van der Waals surface area contributed by atoms with Gasteiger partial charge >= 0.3 is 0 Å². The highest BCUT2D eigenvalue weighted by Gasteiger charge is 1.00. The van der Waals surface area contributed by atoms with Gasteiger partial charge in [-0.2, -0.15) is 0 Å². The molecule has 2 N–H and O–H groups in total. The Balaban J connectivity index is -0.00000000167. The van der Waals surface area contributed by atoms with Crippen LogP contribution >= 0.6 is 59.8 Å². The van der Waals surface area contributed by atoms with E-state index in [0.717, 1.165) is 0 Å². The van der Waals surface area contributed by atoms with Crippen LogP contribution in [0.1, 0.15) is 29.7 Å². The smallest absolute Gasteiger partial charge is 0 e. The zero-order valence-corrected chi connectivity index (χ0v) is 9.92. The predicted octanol–water partition coefficient (Wildman–Crippen LogP) is 4.61. The molecule has 0 saturated carbocycles. The minimum absolute atomic E-state index is 0. The molecule has 0 unspecified atom stereocenters. The molecule has 0 atom stereocenters. The number of rotatable bonds is 0. The molecule has 0 fully saturated rings. The average molecular weight is 510 g/mol. The molecule has 0 aliphatic heterocycles. The maximum absolute atomic E-state index is 7.00. The van der Waals surface area contributed by atoms with E-state index in [4.69, 9.17) is 9.93 Å². The maximum atomic E-state index is 7.00. The molecule has 0 heterocycles. The van der Waals surface area contributed by atoms with Crippen LogP contribution in [0.2, 0.25) is 0 Å². The first-order valence-electron chi connectivity index (χ1n) is 0.687. The van der Waals surface area contributed by atoms with Crippen LogP contribution in [0.15, 0.2) is 0 Å². The van der Waals surface area contributed by atoms with Crippen LogP contribution in [0.4, 0.5) is 0 Å². The topological polar surface area (TPSA) is 65.6 Å². The predicted molar refractivity (Wildman–Crippen MR) is 85.3 cm³/mol. The summed E-state index contributed by atoms with van der Waals surface area (Å²) in [6, 6.07) is 0. The van der Waals surface area contributed by atoms with E-state index >= 15 is 0 Å². The van der Waals surface area contributed by atoms with Gasteiger partial charge in [-0.1, -0.05) is 52.3 Å². The van der Waals surface area contributed by atoms with Gasteiger partial charge in [-0.05, 0) is 4.93 Å². The van der Waals surface area contributed by atoms with E-state index in [1.165, 1.54) is 0 Å². The molecule has 80 valence electrons. The Labute approximate surface area is 108 Å². The van der Waals surface area contributed by atoms with E-state index in [9.17, 15) is 0 Å². The Morgan fingerprint density at radius 2 is 0.727 bits per heavy atom. The highest BCUT2D eigenvalue weighted by Crippen LogP contribution is 1.89. The van der Waals surface area contributed by atoms with Crippen molar-refractivity contribution in [1.29, 1.82) is 0 Å². The third-order valence-corrected chi connectivity index (χ3v) is 0. The SMILES string of the molecule is C.C.C.C.CI.II.O.O=O. The van der Waals surface area contributed by atoms with Crippen LogP contribution in [0.25, 0.3) is 0 Å². The normalized spacial score (nSPS) is 1.45. The minimum Gasteiger partial charge on any atom is -0.412 e. The van der Waals surface area contributed by atoms with Gasteiger partial charge in [0.2, 0.25) is 0 Å². The van der Waals surface area contributed by atoms with Gasteiger partial charge in [0.05, 0.1) is 0 Å². The van der Waals surface area contributed by atoms with Crippen LogP contribution in [0, 0.1) is 9.93 Å². The van der Waals surface area contributed by atoms with Gasteiger partial charge in [0.15, 0.2) is 0 Å². The lowest BCUT2D eigenvalue weighted by atomic mass is 12.0. The van der Waals surface area contributed by atoms with E-state index in [0.29, 0.717) is 0 Å². The molecule has 0 amide bonds. The van der Waals surface area contributed by atoms with Crippen LogP contribution in [0.3, 0.4) is 0 Å². The molecule has 3 nitrogen and oxygen atoms in total. The number of alkyl halides is 1. The summed E-state index contributed by atoms with van der Waals surface area (Å²) >= 11 is 6.39. The summed E-state index contributed by atoms with van der Waals surface area (Å²) in [7, 11) is 0. The van der Waals surface area contributed by atoms with Crippen molar-refractivity contribution in [2.24, 2.45) is 0 Å². The van der Waals surface area contributed by atoms with E-state index < -0.39 is 0 Å². The Hall–Kier alpha value is 1.75. The van der Waals surface area contributed by atoms with Crippen molar-refractivity contribution in [3.63, 3.8) is 0 Å². The molecule has 6 heteroatoms. The van der Waals surface area contributed by atoms with Crippen molar-refractivity contribution < 1.29 is 5.48 Å². The van der Waals surface area contributed by atoms with Crippen molar-refractivity contribution in [3.8, 4) is 0 Å². The van der Waals surface area contributed by atoms with Gasteiger partial charge in [0.1, 0.15) is 0 Å². The van der Waals surface area contributed by atoms with Crippen molar-refractivity contribution in [2.75, 3.05) is 4.93 Å². The summed E-state index contributed by atoms with van der Waals surface area (Å²) < 4.78 is 0. The maximum Gasteiger partial charge on any atom is 0 e. The fourth-order valence-corrected chi connectivity index (χ4v) is 0. The number of hydrogen-bond donors (Lipinski definition) is 0. The van der Waals surface area contributed by atoms with Gasteiger partial charge < -0.3 is 5.48 Å². The summed E-state index contributed by atoms with van der Waals surface area (Å²) in [5.41, 5.74) is 0. The summed E-state index contributed by atoms with van der Waals surface area (Å²) in [5.74, 6) is 0. The first-order valence-corrected chi connectivity index (χ1v) is 9.13. The molecule has 0 aliphatic rings. The monoisotopic (exact) mass is 510 g/mol. The second-order valence-corrected chi connectivity index (χ2v) is 0. The second kappa shape index (κ2) is 443. The molecular weight excluding hydrogens is 489 g/mol. The molecule has 0 aromatic rings. The van der Waals surface area contributed by atoms with Crippen LogP contribution in [-0.2, 0) is 0 Å². The lowest BCUT2D eigenvalue weighted by molar-refractivity contribution is 0.824. The molecule has 0 aromatic carbocycles. The van der Waals surface area contributed by atoms with Gasteiger partial charge in [-0.15, -0.1) is 0 Å². The lowest BCUT2D eigenvalue weighted by Gasteiger charge is -1.05. The van der Waals surface area contributed by atoms with Gasteiger partial charge in [-0.3, -0.25) is 0 Å². The first kappa shape index (κ1) is 78.0. The van der Waals surface area contributed by atoms with Gasteiger partial charge in [-0.25, -0.2) is 0 Å². The highest BCUT2D eigenvalue weighted by atomic mass is 128. The molecule has 0 saturated heterocycles. The molecule has 0 spiro atoms. The standard InChI is InChI=1S/CH3I.4CH4.I2.O2.H2O/c1-2;;;;;2*1-2;/h1H3;4*1H4;;;1H2. The van der Waals surface area contributed by atoms with E-state index in [2.05, 4.69) is 59.8 Å². The van der Waals surface area contributed by atoms with Crippen LogP contribution in [-0.4, -0.2) is 10.4 Å². The first-order chi connectivity index (χ1) is 3.00. The second-order valence-electron chi connectivity index (χ2n) is 0. The average Bonchev–Trinajstić information content (AvgIpc) is 1.81. The van der Waals surface area contributed by atoms with Crippen molar-refractivity contribution >= 4 is 59.8 Å². The number of halogens is 3. The zero-order chi connectivity index (χ0) is 6.00. The summed E-state index contributed by atoms with van der Waals surface area (Å²) in [4.78, 5) is 16.0. The van der Waals surface area contributed by atoms with E-state index in [-0.39, 0.29) is 35.2 Å². The van der Waals surface area contributed by atoms with Gasteiger partial charge in [0, 0.05) is 47.2 Å². The van der Waals surface area contributed by atoms with Crippen LogP contribution in [0.5, 0.6) is 0 Å². The number of hydrogen-bond acceptors (Lipinski definition) is 2. The van der Waals surface area contributed by atoms with E-state index in [1.807, 2.05) is 4.93 Å². The third kappa shape index (κ3) is 365. The molecule has 0 aliphatic carbocycles. The molecule has 0 bridgehead atoms. The van der Waals surface area contributed by atoms with Crippen molar-refractivity contribution in [2.45, 2.75) is 29.7 Å². The third-order valence-electron chi connectivity index (χ3n) is 0. The molecule has 0 radical (unpaired) electrons. The summed E-state index contributed by atoms with van der Waals surface area (Å²) in [6.45, 7) is 0. The molecule has 0 aromatic heterocycles. The quantitative estimate of drug-likeness (QED) is 0.353. The Morgan fingerprint density at radius 3 is 0.727 bits per heavy atom. The minimum atomic E-state index is 0. The molecular formula is C5H21I3O3. The van der Waals surface area contributed by atoms with E-state index in [1.54, 1.807) is 0 Å². The van der Waals surface area contributed by atoms with Crippen molar-refractivity contribution in [1.82, 2.24) is 0 Å².